The van der Waals surface area contributed by atoms with Gasteiger partial charge in [-0.2, -0.15) is 0 Å². The van der Waals surface area contributed by atoms with Gasteiger partial charge in [-0.25, -0.2) is 4.98 Å². The maximum Gasteiger partial charge on any atom is 0.124 e. The molecule has 3 rings (SSSR count). The van der Waals surface area contributed by atoms with E-state index in [0.717, 1.165) is 26.3 Å². The van der Waals surface area contributed by atoms with Crippen LogP contribution in [0.25, 0.3) is 21.8 Å². The van der Waals surface area contributed by atoms with Crippen LogP contribution >= 0.6 is 38.9 Å². The molecule has 0 unspecified atom stereocenters. The third-order valence-corrected chi connectivity index (χ3v) is 4.50. The number of benzene rings is 2. The van der Waals surface area contributed by atoms with Crippen molar-refractivity contribution in [3.63, 3.8) is 0 Å². The summed E-state index contributed by atoms with van der Waals surface area (Å²) < 4.78 is 0.940. The Balaban J connectivity index is 2.02. The van der Waals surface area contributed by atoms with Crippen LogP contribution < -0.4 is 0 Å². The van der Waals surface area contributed by atoms with Gasteiger partial charge in [0.05, 0.1) is 10.7 Å². The highest BCUT2D eigenvalue weighted by Gasteiger charge is 2.10. The van der Waals surface area contributed by atoms with Crippen LogP contribution in [0.4, 0.5) is 0 Å². The number of hydrogen-bond donors (Lipinski definition) is 1. The van der Waals surface area contributed by atoms with Crippen molar-refractivity contribution < 1.29 is 5.11 Å². The van der Waals surface area contributed by atoms with Gasteiger partial charge < -0.3 is 5.11 Å². The molecule has 0 saturated heterocycles. The van der Waals surface area contributed by atoms with Crippen LogP contribution in [0.5, 0.6) is 5.75 Å². The Morgan fingerprint density at radius 3 is 2.75 bits per heavy atom. The normalized spacial score (nSPS) is 10.7. The fraction of sp³-hybridized carbons (Fsp3) is 0. The summed E-state index contributed by atoms with van der Waals surface area (Å²) in [5, 5.41) is 13.0. The monoisotopic (exact) mass is 365 g/mol. The van der Waals surface area contributed by atoms with E-state index in [2.05, 4.69) is 20.9 Å². The van der Waals surface area contributed by atoms with E-state index in [-0.39, 0.29) is 5.75 Å². The first-order valence-corrected chi connectivity index (χ1v) is 7.89. The standard InChI is InChI=1S/C15H9BrClNOS/c16-10-4-5-12(13(17)7-10)14-8-20-15(18-14)9-2-1-3-11(19)6-9/h1-8,19H. The van der Waals surface area contributed by atoms with Gasteiger partial charge >= 0.3 is 0 Å². The van der Waals surface area contributed by atoms with Crippen molar-refractivity contribution >= 4 is 38.9 Å². The fourth-order valence-electron chi connectivity index (χ4n) is 1.87. The minimum absolute atomic E-state index is 0.237. The van der Waals surface area contributed by atoms with Crippen molar-refractivity contribution in [2.45, 2.75) is 0 Å². The second kappa shape index (κ2) is 5.56. The number of phenolic OH excluding ortho intramolecular Hbond substituents is 1. The molecule has 0 radical (unpaired) electrons. The Kier molecular flexibility index (Phi) is 3.78. The van der Waals surface area contributed by atoms with Gasteiger partial charge in [-0.3, -0.25) is 0 Å². The van der Waals surface area contributed by atoms with E-state index >= 15 is 0 Å². The average Bonchev–Trinajstić information content (AvgIpc) is 2.88. The first kappa shape index (κ1) is 13.6. The van der Waals surface area contributed by atoms with Crippen LogP contribution in [0.1, 0.15) is 0 Å². The summed E-state index contributed by atoms with van der Waals surface area (Å²) in [6.45, 7) is 0. The minimum atomic E-state index is 0.237. The number of nitrogens with zero attached hydrogens (tertiary/aromatic N) is 1. The smallest absolute Gasteiger partial charge is 0.124 e. The first-order chi connectivity index (χ1) is 9.63. The Bertz CT molecular complexity index is 772. The third-order valence-electron chi connectivity index (χ3n) is 2.80. The van der Waals surface area contributed by atoms with E-state index in [1.807, 2.05) is 29.6 Å². The summed E-state index contributed by atoms with van der Waals surface area (Å²) in [5.74, 6) is 0.237. The number of phenols is 1. The van der Waals surface area contributed by atoms with Gasteiger partial charge in [0.15, 0.2) is 0 Å². The van der Waals surface area contributed by atoms with Gasteiger partial charge in [0.25, 0.3) is 0 Å². The Hall–Kier alpha value is -1.36. The van der Waals surface area contributed by atoms with Gasteiger partial charge in [-0.1, -0.05) is 45.7 Å². The van der Waals surface area contributed by atoms with Gasteiger partial charge in [0.1, 0.15) is 10.8 Å². The Morgan fingerprint density at radius 2 is 2.00 bits per heavy atom. The molecule has 100 valence electrons. The third kappa shape index (κ3) is 2.73. The average molecular weight is 367 g/mol. The Labute approximate surface area is 133 Å². The van der Waals surface area contributed by atoms with Crippen molar-refractivity contribution in [1.29, 1.82) is 0 Å². The second-order valence-electron chi connectivity index (χ2n) is 4.21. The lowest BCUT2D eigenvalue weighted by Crippen LogP contribution is -1.81. The molecule has 0 aliphatic heterocycles. The molecule has 0 aliphatic rings. The zero-order valence-corrected chi connectivity index (χ0v) is 13.3. The highest BCUT2D eigenvalue weighted by Crippen LogP contribution is 2.34. The van der Waals surface area contributed by atoms with E-state index in [9.17, 15) is 5.11 Å². The molecule has 0 saturated carbocycles. The van der Waals surface area contributed by atoms with Gasteiger partial charge in [-0.05, 0) is 24.3 Å². The zero-order chi connectivity index (χ0) is 14.1. The molecule has 0 aliphatic carbocycles. The lowest BCUT2D eigenvalue weighted by atomic mass is 10.2. The van der Waals surface area contributed by atoms with Crippen molar-refractivity contribution in [1.82, 2.24) is 4.98 Å². The number of hydrogen-bond acceptors (Lipinski definition) is 3. The lowest BCUT2D eigenvalue weighted by molar-refractivity contribution is 0.475. The van der Waals surface area contributed by atoms with Crippen LogP contribution in [0.15, 0.2) is 52.3 Å². The summed E-state index contributed by atoms with van der Waals surface area (Å²) in [6.07, 6.45) is 0. The Morgan fingerprint density at radius 1 is 1.15 bits per heavy atom. The molecule has 0 spiro atoms. The van der Waals surface area contributed by atoms with E-state index in [1.54, 1.807) is 18.2 Å². The van der Waals surface area contributed by atoms with Crippen molar-refractivity contribution in [2.24, 2.45) is 0 Å². The number of rotatable bonds is 2. The molecule has 1 aromatic heterocycles. The molecular formula is C15H9BrClNOS. The number of aromatic nitrogens is 1. The molecule has 5 heteroatoms. The molecule has 0 atom stereocenters. The molecule has 2 nitrogen and oxygen atoms in total. The predicted molar refractivity (Wildman–Crippen MR) is 87.4 cm³/mol. The highest BCUT2D eigenvalue weighted by molar-refractivity contribution is 9.10. The zero-order valence-electron chi connectivity index (χ0n) is 10.2. The lowest BCUT2D eigenvalue weighted by Gasteiger charge is -2.01. The summed E-state index contributed by atoms with van der Waals surface area (Å²) in [6, 6.07) is 12.8. The number of halogens is 2. The van der Waals surface area contributed by atoms with Gasteiger partial charge in [0, 0.05) is 21.0 Å². The maximum absolute atomic E-state index is 9.52. The number of thiazole rings is 1. The summed E-state index contributed by atoms with van der Waals surface area (Å²) in [5.41, 5.74) is 2.64. The molecule has 1 N–H and O–H groups in total. The predicted octanol–water partition coefficient (Wildman–Crippen LogP) is 5.60. The molecule has 20 heavy (non-hydrogen) atoms. The summed E-state index contributed by atoms with van der Waals surface area (Å²) >= 11 is 11.2. The summed E-state index contributed by atoms with van der Waals surface area (Å²) in [7, 11) is 0. The molecule has 3 aromatic rings. The topological polar surface area (TPSA) is 33.1 Å². The molecule has 0 amide bonds. The van der Waals surface area contributed by atoms with Crippen LogP contribution in [0, 0.1) is 0 Å². The van der Waals surface area contributed by atoms with Gasteiger partial charge in [0.2, 0.25) is 0 Å². The fourth-order valence-corrected chi connectivity index (χ4v) is 3.45. The van der Waals surface area contributed by atoms with E-state index in [4.69, 9.17) is 11.6 Å². The quantitative estimate of drug-likeness (QED) is 0.640. The molecule has 0 bridgehead atoms. The van der Waals surface area contributed by atoms with Crippen molar-refractivity contribution in [3.05, 3.63) is 57.3 Å². The molecular weight excluding hydrogens is 358 g/mol. The highest BCUT2D eigenvalue weighted by atomic mass is 79.9. The molecule has 0 fully saturated rings. The van der Waals surface area contributed by atoms with Crippen LogP contribution in [0.2, 0.25) is 5.02 Å². The van der Waals surface area contributed by atoms with Crippen LogP contribution in [-0.4, -0.2) is 10.1 Å². The molecule has 1 heterocycles. The van der Waals surface area contributed by atoms with Crippen molar-refractivity contribution in [3.8, 4) is 27.6 Å². The molecule has 2 aromatic carbocycles. The summed E-state index contributed by atoms with van der Waals surface area (Å²) in [4.78, 5) is 4.59. The van der Waals surface area contributed by atoms with E-state index < -0.39 is 0 Å². The van der Waals surface area contributed by atoms with Crippen LogP contribution in [0.3, 0.4) is 0 Å². The van der Waals surface area contributed by atoms with Crippen LogP contribution in [-0.2, 0) is 0 Å². The van der Waals surface area contributed by atoms with E-state index in [1.165, 1.54) is 11.3 Å². The first-order valence-electron chi connectivity index (χ1n) is 5.84. The second-order valence-corrected chi connectivity index (χ2v) is 6.39. The SMILES string of the molecule is Oc1cccc(-c2nc(-c3ccc(Br)cc3Cl)cs2)c1. The largest absolute Gasteiger partial charge is 0.508 e. The maximum atomic E-state index is 9.52. The number of aromatic hydroxyl groups is 1. The van der Waals surface area contributed by atoms with Crippen molar-refractivity contribution in [2.75, 3.05) is 0 Å². The van der Waals surface area contributed by atoms with E-state index in [0.29, 0.717) is 5.02 Å². The minimum Gasteiger partial charge on any atom is -0.508 e. The van der Waals surface area contributed by atoms with Gasteiger partial charge in [-0.15, -0.1) is 11.3 Å².